The number of carbonyl (C=O) groups is 1. The normalized spacial score (nSPS) is 10.6. The molecular weight excluding hydrogens is 352 g/mol. The molecule has 0 fully saturated rings. The number of nitrogens with one attached hydrogen (secondary N) is 2. The third kappa shape index (κ3) is 5.51. The van der Waals surface area contributed by atoms with Crippen LogP contribution in [-0.2, 0) is 11.2 Å². The minimum atomic E-state index is 0.0555. The quantitative estimate of drug-likeness (QED) is 0.582. The number of H-pyrrole nitrogens is 1. The summed E-state index contributed by atoms with van der Waals surface area (Å²) >= 11 is 4.99. The van der Waals surface area contributed by atoms with Crippen molar-refractivity contribution in [3.05, 3.63) is 40.4 Å². The van der Waals surface area contributed by atoms with Crippen molar-refractivity contribution in [1.82, 2.24) is 20.5 Å². The molecule has 1 aromatic heterocycles. The molecule has 2 N–H and O–H groups in total. The van der Waals surface area contributed by atoms with E-state index in [0.29, 0.717) is 12.3 Å². The predicted octanol–water partition coefficient (Wildman–Crippen LogP) is 2.72. The molecule has 2 rings (SSSR count). The van der Waals surface area contributed by atoms with E-state index in [2.05, 4.69) is 42.5 Å². The summed E-state index contributed by atoms with van der Waals surface area (Å²) in [5, 5.41) is 9.50. The Morgan fingerprint density at radius 2 is 2.33 bits per heavy atom. The molecule has 21 heavy (non-hydrogen) atoms. The van der Waals surface area contributed by atoms with E-state index >= 15 is 0 Å². The Bertz CT molecular complexity index is 589. The molecule has 112 valence electrons. The summed E-state index contributed by atoms with van der Waals surface area (Å²) in [5.74, 6) is 1.34. The standard InChI is InChI=1S/C14H17BrN4OS/c1-10-7-11(15)4-5-12(10)21-8-14(20)16-6-2-3-13-17-9-18-19-13/h4-5,7,9H,2-3,6,8H2,1H3,(H,16,20)(H,17,18,19). The van der Waals surface area contributed by atoms with Gasteiger partial charge in [-0.2, -0.15) is 5.10 Å². The van der Waals surface area contributed by atoms with Gasteiger partial charge in [0.2, 0.25) is 5.91 Å². The Kier molecular flexibility index (Phi) is 6.25. The molecule has 0 aliphatic heterocycles. The Balaban J connectivity index is 1.65. The van der Waals surface area contributed by atoms with Gasteiger partial charge < -0.3 is 5.32 Å². The van der Waals surface area contributed by atoms with E-state index in [1.54, 1.807) is 11.8 Å². The molecule has 1 aromatic carbocycles. The second-order valence-corrected chi connectivity index (χ2v) is 6.52. The van der Waals surface area contributed by atoms with Crippen LogP contribution in [-0.4, -0.2) is 33.4 Å². The highest BCUT2D eigenvalue weighted by Gasteiger charge is 2.05. The number of nitrogens with zero attached hydrogens (tertiary/aromatic N) is 2. The first-order valence-corrected chi connectivity index (χ1v) is 8.43. The van der Waals surface area contributed by atoms with Crippen LogP contribution in [0.3, 0.4) is 0 Å². The van der Waals surface area contributed by atoms with E-state index < -0.39 is 0 Å². The number of hydrogen-bond donors (Lipinski definition) is 2. The zero-order valence-electron chi connectivity index (χ0n) is 11.7. The van der Waals surface area contributed by atoms with Gasteiger partial charge in [0, 0.05) is 22.3 Å². The minimum Gasteiger partial charge on any atom is -0.355 e. The number of hydrogen-bond acceptors (Lipinski definition) is 4. The van der Waals surface area contributed by atoms with Gasteiger partial charge in [0.25, 0.3) is 0 Å². The smallest absolute Gasteiger partial charge is 0.230 e. The largest absolute Gasteiger partial charge is 0.355 e. The van der Waals surface area contributed by atoms with Crippen LogP contribution in [0.15, 0.2) is 33.9 Å². The first-order chi connectivity index (χ1) is 10.1. The maximum Gasteiger partial charge on any atom is 0.230 e. The fraction of sp³-hybridized carbons (Fsp3) is 0.357. The lowest BCUT2D eigenvalue weighted by Gasteiger charge is -2.07. The number of carbonyl (C=O) groups excluding carboxylic acids is 1. The predicted molar refractivity (Wildman–Crippen MR) is 87.3 cm³/mol. The molecule has 0 spiro atoms. The summed E-state index contributed by atoms with van der Waals surface area (Å²) in [4.78, 5) is 17.0. The number of rotatable bonds is 7. The first-order valence-electron chi connectivity index (χ1n) is 6.65. The summed E-state index contributed by atoms with van der Waals surface area (Å²) in [6.45, 7) is 2.70. The first kappa shape index (κ1) is 16.0. The molecular formula is C14H17BrN4OS. The second-order valence-electron chi connectivity index (χ2n) is 4.58. The molecule has 0 aliphatic rings. The van der Waals surface area contributed by atoms with Crippen molar-refractivity contribution in [1.29, 1.82) is 0 Å². The Labute approximate surface area is 136 Å². The van der Waals surface area contributed by atoms with Crippen molar-refractivity contribution >= 4 is 33.6 Å². The van der Waals surface area contributed by atoms with Crippen molar-refractivity contribution in [2.75, 3.05) is 12.3 Å². The van der Waals surface area contributed by atoms with Crippen LogP contribution in [0.25, 0.3) is 0 Å². The van der Waals surface area contributed by atoms with E-state index in [9.17, 15) is 4.79 Å². The summed E-state index contributed by atoms with van der Waals surface area (Å²) in [6.07, 6.45) is 3.13. The van der Waals surface area contributed by atoms with Gasteiger partial charge in [0.15, 0.2) is 0 Å². The van der Waals surface area contributed by atoms with Crippen LogP contribution in [0.4, 0.5) is 0 Å². The highest BCUT2D eigenvalue weighted by molar-refractivity contribution is 9.10. The van der Waals surface area contributed by atoms with E-state index in [1.165, 1.54) is 11.9 Å². The molecule has 0 radical (unpaired) electrons. The number of thioether (sulfide) groups is 1. The lowest BCUT2D eigenvalue weighted by molar-refractivity contribution is -0.118. The third-order valence-electron chi connectivity index (χ3n) is 2.87. The van der Waals surface area contributed by atoms with Crippen LogP contribution in [0.5, 0.6) is 0 Å². The SMILES string of the molecule is Cc1cc(Br)ccc1SCC(=O)NCCCc1ncn[nH]1. The molecule has 0 aliphatic carbocycles. The highest BCUT2D eigenvalue weighted by atomic mass is 79.9. The van der Waals surface area contributed by atoms with Crippen LogP contribution >= 0.6 is 27.7 Å². The molecule has 1 heterocycles. The van der Waals surface area contributed by atoms with Gasteiger partial charge in [0.05, 0.1) is 5.75 Å². The monoisotopic (exact) mass is 368 g/mol. The topological polar surface area (TPSA) is 70.7 Å². The molecule has 0 saturated heterocycles. The Hall–Kier alpha value is -1.34. The molecule has 7 heteroatoms. The highest BCUT2D eigenvalue weighted by Crippen LogP contribution is 2.24. The lowest BCUT2D eigenvalue weighted by atomic mass is 10.2. The van der Waals surface area contributed by atoms with Crippen molar-refractivity contribution in [2.24, 2.45) is 0 Å². The van der Waals surface area contributed by atoms with Gasteiger partial charge >= 0.3 is 0 Å². The summed E-state index contributed by atoms with van der Waals surface area (Å²) in [5.41, 5.74) is 1.17. The number of aromatic nitrogens is 3. The zero-order valence-corrected chi connectivity index (χ0v) is 14.1. The molecule has 2 aromatic rings. The van der Waals surface area contributed by atoms with Gasteiger partial charge in [-0.3, -0.25) is 9.89 Å². The number of amides is 1. The van der Waals surface area contributed by atoms with Crippen molar-refractivity contribution in [3.63, 3.8) is 0 Å². The molecule has 0 unspecified atom stereocenters. The Morgan fingerprint density at radius 3 is 3.05 bits per heavy atom. The number of benzene rings is 1. The minimum absolute atomic E-state index is 0.0555. The van der Waals surface area contributed by atoms with Gasteiger partial charge in [-0.1, -0.05) is 15.9 Å². The van der Waals surface area contributed by atoms with Gasteiger partial charge in [0.1, 0.15) is 12.2 Å². The van der Waals surface area contributed by atoms with E-state index in [-0.39, 0.29) is 5.91 Å². The molecule has 0 saturated carbocycles. The summed E-state index contributed by atoms with van der Waals surface area (Å²) < 4.78 is 1.06. The van der Waals surface area contributed by atoms with Crippen molar-refractivity contribution < 1.29 is 4.79 Å². The second kappa shape index (κ2) is 8.19. The maximum atomic E-state index is 11.8. The van der Waals surface area contributed by atoms with Crippen LogP contribution in [0, 0.1) is 6.92 Å². The van der Waals surface area contributed by atoms with Gasteiger partial charge in [-0.15, -0.1) is 11.8 Å². The summed E-state index contributed by atoms with van der Waals surface area (Å²) in [6, 6.07) is 6.07. The van der Waals surface area contributed by atoms with Crippen LogP contribution in [0.2, 0.25) is 0 Å². The van der Waals surface area contributed by atoms with E-state index in [1.807, 2.05) is 19.1 Å². The average Bonchev–Trinajstić information content (AvgIpc) is 2.96. The molecule has 0 atom stereocenters. The zero-order chi connectivity index (χ0) is 15.1. The Morgan fingerprint density at radius 1 is 1.48 bits per heavy atom. The van der Waals surface area contributed by atoms with Crippen LogP contribution in [0.1, 0.15) is 17.8 Å². The molecule has 1 amide bonds. The fourth-order valence-electron chi connectivity index (χ4n) is 1.80. The van der Waals surface area contributed by atoms with Crippen molar-refractivity contribution in [3.8, 4) is 0 Å². The van der Waals surface area contributed by atoms with Crippen LogP contribution < -0.4 is 5.32 Å². The maximum absolute atomic E-state index is 11.8. The number of aryl methyl sites for hydroxylation is 2. The molecule has 5 nitrogen and oxygen atoms in total. The fourth-order valence-corrected chi connectivity index (χ4v) is 3.12. The molecule has 0 bridgehead atoms. The number of aromatic amines is 1. The lowest BCUT2D eigenvalue weighted by Crippen LogP contribution is -2.26. The van der Waals surface area contributed by atoms with Crippen molar-refractivity contribution in [2.45, 2.75) is 24.7 Å². The van der Waals surface area contributed by atoms with E-state index in [4.69, 9.17) is 0 Å². The number of halogens is 1. The van der Waals surface area contributed by atoms with Gasteiger partial charge in [-0.25, -0.2) is 4.98 Å². The average molecular weight is 369 g/mol. The van der Waals surface area contributed by atoms with Gasteiger partial charge in [-0.05, 0) is 37.1 Å². The third-order valence-corrected chi connectivity index (χ3v) is 4.54. The van der Waals surface area contributed by atoms with E-state index in [0.717, 1.165) is 28.0 Å². The summed E-state index contributed by atoms with van der Waals surface area (Å²) in [7, 11) is 0.